The van der Waals surface area contributed by atoms with Crippen LogP contribution in [0.3, 0.4) is 0 Å². The lowest BCUT2D eigenvalue weighted by Crippen LogP contribution is -2.50. The topological polar surface area (TPSA) is 70.6 Å². The van der Waals surface area contributed by atoms with E-state index in [0.717, 1.165) is 58.9 Å². The van der Waals surface area contributed by atoms with Gasteiger partial charge in [0.1, 0.15) is 17.3 Å². The van der Waals surface area contributed by atoms with Crippen molar-refractivity contribution in [2.75, 3.05) is 43.5 Å². The van der Waals surface area contributed by atoms with E-state index in [-0.39, 0.29) is 6.03 Å². The SMILES string of the molecule is COCc1nc(N2CCN(C(=O)Nc3cccc4ccccc34)CC2)c2c3c(sc2n1)CCCC3. The van der Waals surface area contributed by atoms with Crippen LogP contribution in [0.25, 0.3) is 21.0 Å². The molecule has 180 valence electrons. The maximum Gasteiger partial charge on any atom is 0.321 e. The van der Waals surface area contributed by atoms with Gasteiger partial charge in [-0.2, -0.15) is 0 Å². The number of piperazine rings is 1. The normalized spacial score (nSPS) is 16.0. The smallest absolute Gasteiger partial charge is 0.321 e. The van der Waals surface area contributed by atoms with Crippen LogP contribution in [0, 0.1) is 0 Å². The van der Waals surface area contributed by atoms with Gasteiger partial charge >= 0.3 is 6.03 Å². The van der Waals surface area contributed by atoms with Gasteiger partial charge in [0.2, 0.25) is 0 Å². The van der Waals surface area contributed by atoms with Gasteiger partial charge in [0.15, 0.2) is 5.82 Å². The zero-order chi connectivity index (χ0) is 23.8. The van der Waals surface area contributed by atoms with E-state index in [0.29, 0.717) is 19.7 Å². The summed E-state index contributed by atoms with van der Waals surface area (Å²) in [6.45, 7) is 3.18. The Morgan fingerprint density at radius 1 is 1.03 bits per heavy atom. The van der Waals surface area contributed by atoms with Crippen molar-refractivity contribution in [2.45, 2.75) is 32.3 Å². The quantitative estimate of drug-likeness (QED) is 0.427. The van der Waals surface area contributed by atoms with Gasteiger partial charge in [-0.3, -0.25) is 0 Å². The number of aromatic nitrogens is 2. The number of hydrogen-bond donors (Lipinski definition) is 1. The summed E-state index contributed by atoms with van der Waals surface area (Å²) < 4.78 is 5.36. The number of thiophene rings is 1. The number of amides is 2. The summed E-state index contributed by atoms with van der Waals surface area (Å²) in [7, 11) is 1.68. The molecule has 0 spiro atoms. The van der Waals surface area contributed by atoms with Crippen LogP contribution >= 0.6 is 11.3 Å². The predicted molar refractivity (Wildman–Crippen MR) is 142 cm³/mol. The standard InChI is InChI=1S/C27H29N5O2S/c1-34-17-23-29-25(24-20-10-4-5-12-22(20)35-26(24)30-23)31-13-15-32(16-14-31)27(33)28-21-11-6-8-18-7-2-3-9-19(18)21/h2-3,6-9,11H,4-5,10,12-17H2,1H3,(H,28,33). The molecular weight excluding hydrogens is 458 g/mol. The van der Waals surface area contributed by atoms with Gasteiger partial charge < -0.3 is 19.9 Å². The van der Waals surface area contributed by atoms with Crippen LogP contribution in [0.1, 0.15) is 29.1 Å². The van der Waals surface area contributed by atoms with E-state index in [1.807, 2.05) is 46.6 Å². The third kappa shape index (κ3) is 4.21. The fourth-order valence-electron chi connectivity index (χ4n) is 5.25. The molecule has 0 unspecified atom stereocenters. The molecule has 8 heteroatoms. The number of carbonyl (C=O) groups is 1. The van der Waals surface area contributed by atoms with Crippen LogP contribution < -0.4 is 10.2 Å². The first-order chi connectivity index (χ1) is 17.2. The Kier molecular flexibility index (Phi) is 6.00. The van der Waals surface area contributed by atoms with Gasteiger partial charge in [-0.1, -0.05) is 36.4 Å². The molecule has 3 heterocycles. The molecule has 2 aliphatic rings. The zero-order valence-electron chi connectivity index (χ0n) is 19.9. The molecule has 1 N–H and O–H groups in total. The summed E-state index contributed by atoms with van der Waals surface area (Å²) in [6, 6.07) is 14.1. The molecule has 2 aromatic carbocycles. The molecule has 1 aliphatic carbocycles. The molecule has 1 aliphatic heterocycles. The molecule has 1 saturated heterocycles. The predicted octanol–water partition coefficient (Wildman–Crippen LogP) is 5.22. The monoisotopic (exact) mass is 487 g/mol. The Labute approximate surface area is 208 Å². The van der Waals surface area contributed by atoms with Crippen molar-refractivity contribution in [3.63, 3.8) is 0 Å². The maximum absolute atomic E-state index is 13.1. The number of benzene rings is 2. The molecule has 7 nitrogen and oxygen atoms in total. The molecule has 2 aromatic heterocycles. The number of urea groups is 1. The van der Waals surface area contributed by atoms with Gasteiger partial charge in [0.25, 0.3) is 0 Å². The van der Waals surface area contributed by atoms with Crippen LogP contribution in [-0.2, 0) is 24.2 Å². The Balaban J connectivity index is 1.22. The first kappa shape index (κ1) is 22.2. The molecule has 0 saturated carbocycles. The second-order valence-corrected chi connectivity index (χ2v) is 10.3. The first-order valence-electron chi connectivity index (χ1n) is 12.3. The lowest BCUT2D eigenvalue weighted by atomic mass is 9.97. The van der Waals surface area contributed by atoms with Gasteiger partial charge in [0, 0.05) is 43.6 Å². The van der Waals surface area contributed by atoms with Crippen molar-refractivity contribution in [1.82, 2.24) is 14.9 Å². The summed E-state index contributed by atoms with van der Waals surface area (Å²) >= 11 is 1.82. The molecule has 2 amide bonds. The Morgan fingerprint density at radius 2 is 1.83 bits per heavy atom. The second-order valence-electron chi connectivity index (χ2n) is 9.22. The van der Waals surface area contributed by atoms with Crippen molar-refractivity contribution >= 4 is 49.9 Å². The number of hydrogen-bond acceptors (Lipinski definition) is 6. The molecule has 0 radical (unpaired) electrons. The summed E-state index contributed by atoms with van der Waals surface area (Å²) in [6.07, 6.45) is 4.71. The minimum absolute atomic E-state index is 0.0539. The molecule has 6 rings (SSSR count). The molecule has 1 fully saturated rings. The maximum atomic E-state index is 13.1. The molecule has 35 heavy (non-hydrogen) atoms. The number of ether oxygens (including phenoxy) is 1. The van der Waals surface area contributed by atoms with E-state index in [1.165, 1.54) is 28.7 Å². The number of fused-ring (bicyclic) bond motifs is 4. The van der Waals surface area contributed by atoms with Crippen LogP contribution in [0.2, 0.25) is 0 Å². The number of methoxy groups -OCH3 is 1. The zero-order valence-corrected chi connectivity index (χ0v) is 20.7. The van der Waals surface area contributed by atoms with E-state index >= 15 is 0 Å². The Bertz CT molecular complexity index is 1390. The van der Waals surface area contributed by atoms with E-state index in [4.69, 9.17) is 14.7 Å². The largest absolute Gasteiger partial charge is 0.377 e. The fraction of sp³-hybridized carbons (Fsp3) is 0.370. The van der Waals surface area contributed by atoms with Crippen molar-refractivity contribution in [2.24, 2.45) is 0 Å². The van der Waals surface area contributed by atoms with Crippen LogP contribution in [-0.4, -0.2) is 54.2 Å². The molecule has 0 atom stereocenters. The van der Waals surface area contributed by atoms with Crippen molar-refractivity contribution < 1.29 is 9.53 Å². The average Bonchev–Trinajstić information content (AvgIpc) is 3.27. The Hall–Kier alpha value is -3.23. The average molecular weight is 488 g/mol. The minimum Gasteiger partial charge on any atom is -0.377 e. The summed E-state index contributed by atoms with van der Waals surface area (Å²) in [4.78, 5) is 29.6. The summed E-state index contributed by atoms with van der Waals surface area (Å²) in [5.41, 5.74) is 2.29. The van der Waals surface area contributed by atoms with Gasteiger partial charge in [-0.05, 0) is 42.7 Å². The highest BCUT2D eigenvalue weighted by molar-refractivity contribution is 7.19. The number of anilines is 2. The Morgan fingerprint density at radius 3 is 2.69 bits per heavy atom. The highest BCUT2D eigenvalue weighted by atomic mass is 32.1. The van der Waals surface area contributed by atoms with Crippen molar-refractivity contribution in [3.05, 3.63) is 58.7 Å². The van der Waals surface area contributed by atoms with E-state index in [1.54, 1.807) is 7.11 Å². The van der Waals surface area contributed by atoms with Gasteiger partial charge in [0.05, 0.1) is 11.1 Å². The van der Waals surface area contributed by atoms with E-state index in [9.17, 15) is 4.79 Å². The third-order valence-electron chi connectivity index (χ3n) is 7.01. The fourth-order valence-corrected chi connectivity index (χ4v) is 6.53. The third-order valence-corrected chi connectivity index (χ3v) is 8.20. The molecule has 4 aromatic rings. The first-order valence-corrected chi connectivity index (χ1v) is 13.1. The van der Waals surface area contributed by atoms with Gasteiger partial charge in [-0.15, -0.1) is 11.3 Å². The van der Waals surface area contributed by atoms with Gasteiger partial charge in [-0.25, -0.2) is 14.8 Å². The molecular formula is C27H29N5O2S. The van der Waals surface area contributed by atoms with Crippen LogP contribution in [0.15, 0.2) is 42.5 Å². The number of aryl methyl sites for hydroxylation is 2. The summed E-state index contributed by atoms with van der Waals surface area (Å²) in [5.74, 6) is 1.74. The van der Waals surface area contributed by atoms with E-state index < -0.39 is 0 Å². The number of nitrogens with one attached hydrogen (secondary N) is 1. The number of nitrogens with zero attached hydrogens (tertiary/aromatic N) is 4. The highest BCUT2D eigenvalue weighted by Gasteiger charge is 2.27. The number of rotatable bonds is 4. The number of carbonyl (C=O) groups excluding carboxylic acids is 1. The second kappa shape index (κ2) is 9.43. The van der Waals surface area contributed by atoms with Crippen LogP contribution in [0.4, 0.5) is 16.3 Å². The van der Waals surface area contributed by atoms with Crippen molar-refractivity contribution in [3.8, 4) is 0 Å². The minimum atomic E-state index is -0.0539. The highest BCUT2D eigenvalue weighted by Crippen LogP contribution is 2.40. The lowest BCUT2D eigenvalue weighted by molar-refractivity contribution is 0.178. The van der Waals surface area contributed by atoms with Crippen LogP contribution in [0.5, 0.6) is 0 Å². The van der Waals surface area contributed by atoms with E-state index in [2.05, 4.69) is 22.3 Å². The summed E-state index contributed by atoms with van der Waals surface area (Å²) in [5, 5.41) is 6.52. The van der Waals surface area contributed by atoms with Crippen molar-refractivity contribution in [1.29, 1.82) is 0 Å². The lowest BCUT2D eigenvalue weighted by Gasteiger charge is -2.36. The molecule has 0 bridgehead atoms.